The normalized spacial score (nSPS) is 13.0. The van der Waals surface area contributed by atoms with Gasteiger partial charge in [-0.05, 0) is 51.8 Å². The van der Waals surface area contributed by atoms with Gasteiger partial charge < -0.3 is 10.6 Å². The number of aromatic nitrogens is 3. The van der Waals surface area contributed by atoms with E-state index < -0.39 is 0 Å². The molecule has 0 aliphatic rings. The molecule has 2 aromatic heterocycles. The van der Waals surface area contributed by atoms with Crippen LogP contribution in [0.4, 0.5) is 0 Å². The highest BCUT2D eigenvalue weighted by molar-refractivity contribution is 5.80. The zero-order valence-corrected chi connectivity index (χ0v) is 15.3. The Balaban J connectivity index is 2.07. The molecule has 0 spiro atoms. The van der Waals surface area contributed by atoms with Crippen molar-refractivity contribution in [3.63, 3.8) is 0 Å². The van der Waals surface area contributed by atoms with Gasteiger partial charge in [0.25, 0.3) is 0 Å². The van der Waals surface area contributed by atoms with Crippen molar-refractivity contribution in [3.05, 3.63) is 41.3 Å². The molecule has 1 unspecified atom stereocenters. The number of hydrogen-bond acceptors (Lipinski definition) is 3. The molecule has 2 heterocycles. The molecule has 0 bridgehead atoms. The third-order valence-electron chi connectivity index (χ3n) is 3.80. The molecule has 1 atom stereocenters. The van der Waals surface area contributed by atoms with Crippen LogP contribution in [0.1, 0.15) is 44.1 Å². The molecule has 0 fully saturated rings. The second-order valence-corrected chi connectivity index (χ2v) is 6.01. The van der Waals surface area contributed by atoms with Crippen LogP contribution in [0.15, 0.2) is 29.4 Å². The van der Waals surface area contributed by atoms with E-state index in [1.165, 1.54) is 0 Å². The van der Waals surface area contributed by atoms with Crippen LogP contribution in [-0.4, -0.2) is 33.3 Å². The average molecular weight is 328 g/mol. The molecule has 0 radical (unpaired) electrons. The van der Waals surface area contributed by atoms with Crippen LogP contribution in [-0.2, 0) is 6.54 Å². The molecular weight excluding hydrogens is 300 g/mol. The van der Waals surface area contributed by atoms with Crippen LogP contribution in [0.3, 0.4) is 0 Å². The van der Waals surface area contributed by atoms with Crippen molar-refractivity contribution in [3.8, 4) is 5.82 Å². The maximum atomic E-state index is 4.63. The Bertz CT molecular complexity index is 671. The molecule has 0 aromatic carbocycles. The number of pyridine rings is 1. The topological polar surface area (TPSA) is 67.1 Å². The van der Waals surface area contributed by atoms with Crippen LogP contribution in [0, 0.1) is 13.8 Å². The summed E-state index contributed by atoms with van der Waals surface area (Å²) in [5.74, 6) is 1.67. The van der Waals surface area contributed by atoms with Crippen molar-refractivity contribution in [2.45, 2.75) is 53.6 Å². The van der Waals surface area contributed by atoms with Gasteiger partial charge in [0.2, 0.25) is 0 Å². The van der Waals surface area contributed by atoms with Gasteiger partial charge in [0.05, 0.1) is 12.2 Å². The van der Waals surface area contributed by atoms with E-state index in [9.17, 15) is 0 Å². The Labute approximate surface area is 144 Å². The van der Waals surface area contributed by atoms with Gasteiger partial charge in [-0.3, -0.25) is 0 Å². The standard InChI is InChI=1S/C18H28N6/c1-6-13(3)22-18(19-7-2)21-12-16-8-9-17(20-11-16)24-15(5)10-14(4)23-24/h8-11,13H,6-7,12H2,1-5H3,(H2,19,21,22). The Morgan fingerprint density at radius 2 is 2.08 bits per heavy atom. The van der Waals surface area contributed by atoms with Crippen molar-refractivity contribution < 1.29 is 0 Å². The summed E-state index contributed by atoms with van der Waals surface area (Å²) in [4.78, 5) is 9.14. The summed E-state index contributed by atoms with van der Waals surface area (Å²) in [6.45, 7) is 11.8. The summed E-state index contributed by atoms with van der Waals surface area (Å²) >= 11 is 0. The lowest BCUT2D eigenvalue weighted by Crippen LogP contribution is -2.41. The molecule has 0 saturated carbocycles. The molecule has 2 aromatic rings. The number of hydrogen-bond donors (Lipinski definition) is 2. The zero-order valence-electron chi connectivity index (χ0n) is 15.3. The van der Waals surface area contributed by atoms with Gasteiger partial charge in [0, 0.05) is 24.5 Å². The molecular formula is C18H28N6. The summed E-state index contributed by atoms with van der Waals surface area (Å²) in [6.07, 6.45) is 2.92. The number of nitrogens with zero attached hydrogens (tertiary/aromatic N) is 4. The number of aryl methyl sites for hydroxylation is 2. The molecule has 0 saturated heterocycles. The summed E-state index contributed by atoms with van der Waals surface area (Å²) in [6, 6.07) is 6.48. The van der Waals surface area contributed by atoms with Crippen molar-refractivity contribution >= 4 is 5.96 Å². The largest absolute Gasteiger partial charge is 0.357 e. The quantitative estimate of drug-likeness (QED) is 0.632. The molecule has 6 nitrogen and oxygen atoms in total. The van der Waals surface area contributed by atoms with E-state index in [2.05, 4.69) is 52.5 Å². The fourth-order valence-electron chi connectivity index (χ4n) is 2.32. The first-order chi connectivity index (χ1) is 11.5. The lowest BCUT2D eigenvalue weighted by molar-refractivity contribution is 0.624. The Morgan fingerprint density at radius 3 is 2.62 bits per heavy atom. The highest BCUT2D eigenvalue weighted by Gasteiger charge is 2.05. The van der Waals surface area contributed by atoms with Crippen molar-refractivity contribution in [1.29, 1.82) is 0 Å². The first-order valence-corrected chi connectivity index (χ1v) is 8.56. The minimum Gasteiger partial charge on any atom is -0.357 e. The second-order valence-electron chi connectivity index (χ2n) is 6.01. The molecule has 0 aliphatic heterocycles. The highest BCUT2D eigenvalue weighted by Crippen LogP contribution is 2.10. The van der Waals surface area contributed by atoms with E-state index in [1.807, 2.05) is 36.9 Å². The maximum Gasteiger partial charge on any atom is 0.191 e. The first kappa shape index (κ1) is 18.0. The van der Waals surface area contributed by atoms with Crippen molar-refractivity contribution in [2.75, 3.05) is 6.54 Å². The zero-order chi connectivity index (χ0) is 17.5. The number of nitrogens with one attached hydrogen (secondary N) is 2. The van der Waals surface area contributed by atoms with E-state index in [1.54, 1.807) is 0 Å². The molecule has 2 rings (SSSR count). The first-order valence-electron chi connectivity index (χ1n) is 8.56. The van der Waals surface area contributed by atoms with Gasteiger partial charge in [0.15, 0.2) is 11.8 Å². The average Bonchev–Trinajstić information content (AvgIpc) is 2.91. The third-order valence-corrected chi connectivity index (χ3v) is 3.80. The van der Waals surface area contributed by atoms with Crippen LogP contribution in [0.25, 0.3) is 5.82 Å². The summed E-state index contributed by atoms with van der Waals surface area (Å²) in [7, 11) is 0. The van der Waals surface area contributed by atoms with Gasteiger partial charge in [-0.1, -0.05) is 13.0 Å². The van der Waals surface area contributed by atoms with Crippen LogP contribution in [0.5, 0.6) is 0 Å². The van der Waals surface area contributed by atoms with Crippen LogP contribution in [0.2, 0.25) is 0 Å². The minimum atomic E-state index is 0.398. The smallest absolute Gasteiger partial charge is 0.191 e. The van der Waals surface area contributed by atoms with Crippen molar-refractivity contribution in [2.24, 2.45) is 4.99 Å². The monoisotopic (exact) mass is 328 g/mol. The molecule has 24 heavy (non-hydrogen) atoms. The van der Waals surface area contributed by atoms with Crippen molar-refractivity contribution in [1.82, 2.24) is 25.4 Å². The molecule has 2 N–H and O–H groups in total. The van der Waals surface area contributed by atoms with E-state index in [4.69, 9.17) is 0 Å². The Kier molecular flexibility index (Phi) is 6.35. The SMILES string of the molecule is CCNC(=NCc1ccc(-n2nc(C)cc2C)nc1)NC(C)CC. The summed E-state index contributed by atoms with van der Waals surface area (Å²) < 4.78 is 1.86. The minimum absolute atomic E-state index is 0.398. The lowest BCUT2D eigenvalue weighted by atomic mass is 10.2. The molecule has 0 aliphatic carbocycles. The Hall–Kier alpha value is -2.37. The van der Waals surface area contributed by atoms with E-state index in [-0.39, 0.29) is 0 Å². The number of guanidine groups is 1. The summed E-state index contributed by atoms with van der Waals surface area (Å²) in [5.41, 5.74) is 3.15. The van der Waals surface area contributed by atoms with E-state index in [0.29, 0.717) is 12.6 Å². The number of rotatable bonds is 6. The van der Waals surface area contributed by atoms with Gasteiger partial charge in [0.1, 0.15) is 0 Å². The third kappa shape index (κ3) is 4.81. The fraction of sp³-hybridized carbons (Fsp3) is 0.500. The predicted molar refractivity (Wildman–Crippen MR) is 98.5 cm³/mol. The van der Waals surface area contributed by atoms with Crippen LogP contribution >= 0.6 is 0 Å². The predicted octanol–water partition coefficient (Wildman–Crippen LogP) is 2.74. The Morgan fingerprint density at radius 1 is 1.29 bits per heavy atom. The van der Waals surface area contributed by atoms with E-state index >= 15 is 0 Å². The molecule has 6 heteroatoms. The van der Waals surface area contributed by atoms with Gasteiger partial charge >= 0.3 is 0 Å². The van der Waals surface area contributed by atoms with E-state index in [0.717, 1.165) is 41.7 Å². The van der Waals surface area contributed by atoms with Crippen LogP contribution < -0.4 is 10.6 Å². The van der Waals surface area contributed by atoms with Gasteiger partial charge in [-0.25, -0.2) is 14.7 Å². The number of aliphatic imine (C=N–C) groups is 1. The molecule has 0 amide bonds. The van der Waals surface area contributed by atoms with Gasteiger partial charge in [-0.2, -0.15) is 5.10 Å². The lowest BCUT2D eigenvalue weighted by Gasteiger charge is -2.16. The second kappa shape index (κ2) is 8.47. The molecule has 130 valence electrons. The van der Waals surface area contributed by atoms with Gasteiger partial charge in [-0.15, -0.1) is 0 Å². The maximum absolute atomic E-state index is 4.63. The highest BCUT2D eigenvalue weighted by atomic mass is 15.3. The fourth-order valence-corrected chi connectivity index (χ4v) is 2.32. The summed E-state index contributed by atoms with van der Waals surface area (Å²) in [5, 5.41) is 11.1.